The number of rotatable bonds is 49. The first-order valence-corrected chi connectivity index (χ1v) is 28.5. The third kappa shape index (κ3) is 48.4. The fourth-order valence-corrected chi connectivity index (χ4v) is 8.45. The fourth-order valence-electron chi connectivity index (χ4n) is 7.73. The Kier molecular flexibility index (Phi) is 45.4. The van der Waals surface area contributed by atoms with Crippen LogP contribution in [-0.4, -0.2) is 68.5 Å². The van der Waals surface area contributed by atoms with Crippen molar-refractivity contribution in [2.24, 2.45) is 0 Å². The van der Waals surface area contributed by atoms with E-state index >= 15 is 0 Å². The van der Waals surface area contributed by atoms with E-state index in [0.717, 1.165) is 64.2 Å². The van der Waals surface area contributed by atoms with Gasteiger partial charge in [-0.25, -0.2) is 0 Å². The first-order valence-electron chi connectivity index (χ1n) is 27.0. The summed E-state index contributed by atoms with van der Waals surface area (Å²) in [6.07, 6.45) is 60.4. The molecule has 0 rings (SSSR count). The quantitative estimate of drug-likeness (QED) is 0.0272. The average Bonchev–Trinajstić information content (AvgIpc) is 3.25. The molecule has 0 aromatic rings. The molecule has 0 aliphatic heterocycles. The number of aliphatic hydroxyl groups is 1. The first kappa shape index (κ1) is 62.5. The number of nitrogens with one attached hydrogen (secondary N) is 1. The lowest BCUT2D eigenvalue weighted by Crippen LogP contribution is -2.45. The zero-order valence-electron chi connectivity index (χ0n) is 42.7. The Hall–Kier alpha value is -1.54. The van der Waals surface area contributed by atoms with Crippen LogP contribution in [-0.2, 0) is 18.4 Å². The number of nitrogens with zero attached hydrogens (tertiary/aromatic N) is 1. The maximum absolute atomic E-state index is 12.9. The molecule has 0 aromatic carbocycles. The first-order chi connectivity index (χ1) is 31.0. The Balaban J connectivity index is 4.29. The Morgan fingerprint density at radius 3 is 1.38 bits per heavy atom. The molecule has 0 bridgehead atoms. The van der Waals surface area contributed by atoms with E-state index in [0.29, 0.717) is 17.4 Å². The molecule has 0 aliphatic carbocycles. The summed E-state index contributed by atoms with van der Waals surface area (Å²) in [5.41, 5.74) is 0. The lowest BCUT2D eigenvalue weighted by atomic mass is 10.0. The highest BCUT2D eigenvalue weighted by molar-refractivity contribution is 7.45. The molecular formula is C55H105N2O6P. The number of hydrogen-bond acceptors (Lipinski definition) is 6. The zero-order chi connectivity index (χ0) is 47.1. The second-order valence-electron chi connectivity index (χ2n) is 19.6. The number of allylic oxidation sites excluding steroid dienone is 7. The van der Waals surface area contributed by atoms with Crippen molar-refractivity contribution in [2.45, 2.75) is 257 Å². The second-order valence-corrected chi connectivity index (χ2v) is 21.0. The Morgan fingerprint density at radius 1 is 0.547 bits per heavy atom. The van der Waals surface area contributed by atoms with Gasteiger partial charge < -0.3 is 28.8 Å². The summed E-state index contributed by atoms with van der Waals surface area (Å²) in [5, 5.41) is 13.8. The Morgan fingerprint density at radius 2 is 0.922 bits per heavy atom. The molecule has 0 aromatic heterocycles. The monoisotopic (exact) mass is 921 g/mol. The second kappa shape index (κ2) is 46.6. The minimum Gasteiger partial charge on any atom is -0.756 e. The smallest absolute Gasteiger partial charge is 0.268 e. The summed E-state index contributed by atoms with van der Waals surface area (Å²) in [5.74, 6) is -0.220. The molecule has 0 saturated heterocycles. The summed E-state index contributed by atoms with van der Waals surface area (Å²) < 4.78 is 23.3. The van der Waals surface area contributed by atoms with E-state index < -0.39 is 26.6 Å². The number of phosphoric ester groups is 1. The Bertz CT molecular complexity index is 1180. The van der Waals surface area contributed by atoms with Crippen molar-refractivity contribution in [3.05, 3.63) is 48.6 Å². The summed E-state index contributed by atoms with van der Waals surface area (Å²) in [6, 6.07) is -0.912. The lowest BCUT2D eigenvalue weighted by Gasteiger charge is -2.29. The lowest BCUT2D eigenvalue weighted by molar-refractivity contribution is -0.870. The van der Waals surface area contributed by atoms with Crippen LogP contribution in [0.15, 0.2) is 48.6 Å². The summed E-state index contributed by atoms with van der Waals surface area (Å²) in [7, 11) is 1.23. The van der Waals surface area contributed by atoms with Gasteiger partial charge >= 0.3 is 0 Å². The van der Waals surface area contributed by atoms with Crippen molar-refractivity contribution in [1.29, 1.82) is 0 Å². The van der Waals surface area contributed by atoms with Crippen LogP contribution in [0.5, 0.6) is 0 Å². The number of quaternary nitrogens is 1. The highest BCUT2D eigenvalue weighted by atomic mass is 31.2. The van der Waals surface area contributed by atoms with Gasteiger partial charge in [0.1, 0.15) is 13.2 Å². The van der Waals surface area contributed by atoms with Gasteiger partial charge in [-0.3, -0.25) is 9.36 Å². The largest absolute Gasteiger partial charge is 0.756 e. The van der Waals surface area contributed by atoms with Crippen molar-refractivity contribution in [2.75, 3.05) is 40.9 Å². The minimum absolute atomic E-state index is 0.0102. The van der Waals surface area contributed by atoms with Crippen molar-refractivity contribution < 1.29 is 32.9 Å². The van der Waals surface area contributed by atoms with Crippen molar-refractivity contribution in [1.82, 2.24) is 5.32 Å². The molecule has 0 saturated carbocycles. The normalized spacial score (nSPS) is 14.4. The van der Waals surface area contributed by atoms with E-state index in [2.05, 4.69) is 55.6 Å². The minimum atomic E-state index is -4.61. The highest BCUT2D eigenvalue weighted by Gasteiger charge is 2.23. The third-order valence-electron chi connectivity index (χ3n) is 12.0. The molecule has 1 amide bonds. The molecule has 2 N–H and O–H groups in total. The number of amides is 1. The number of aliphatic hydroxyl groups excluding tert-OH is 1. The van der Waals surface area contributed by atoms with Gasteiger partial charge in [0.25, 0.3) is 7.82 Å². The summed E-state index contributed by atoms with van der Waals surface area (Å²) in [4.78, 5) is 25.4. The van der Waals surface area contributed by atoms with Crippen LogP contribution in [0.1, 0.15) is 245 Å². The molecule has 0 radical (unpaired) electrons. The molecular weight excluding hydrogens is 816 g/mol. The maximum atomic E-state index is 12.9. The summed E-state index contributed by atoms with van der Waals surface area (Å²) >= 11 is 0. The molecule has 0 heterocycles. The van der Waals surface area contributed by atoms with Gasteiger partial charge in [-0.2, -0.15) is 0 Å². The van der Waals surface area contributed by atoms with Gasteiger partial charge in [0.2, 0.25) is 5.91 Å². The third-order valence-corrected chi connectivity index (χ3v) is 13.0. The van der Waals surface area contributed by atoms with Crippen molar-refractivity contribution in [3.63, 3.8) is 0 Å². The topological polar surface area (TPSA) is 108 Å². The van der Waals surface area contributed by atoms with Gasteiger partial charge in [-0.1, -0.05) is 223 Å². The van der Waals surface area contributed by atoms with E-state index in [9.17, 15) is 19.4 Å². The van der Waals surface area contributed by atoms with E-state index in [1.165, 1.54) is 161 Å². The number of unbranched alkanes of at least 4 members (excludes halogenated alkanes) is 30. The van der Waals surface area contributed by atoms with Crippen LogP contribution >= 0.6 is 7.82 Å². The highest BCUT2D eigenvalue weighted by Crippen LogP contribution is 2.38. The molecule has 376 valence electrons. The average molecular weight is 921 g/mol. The van der Waals surface area contributed by atoms with Gasteiger partial charge in [-0.15, -0.1) is 0 Å². The molecule has 8 nitrogen and oxygen atoms in total. The van der Waals surface area contributed by atoms with Crippen LogP contribution in [0.2, 0.25) is 0 Å². The number of likely N-dealkylation sites (N-methyl/N-ethyl adjacent to an activating group) is 1. The standard InChI is InChI=1S/C55H105N2O6P/c1-6-8-10-12-14-16-18-20-22-24-25-26-27-28-29-30-31-32-33-34-36-38-40-42-44-46-48-54(58)53(52-63-64(60,61)62-51-50-57(3,4)5)56-55(59)49-47-45-43-41-39-37-35-23-21-19-17-15-13-11-9-7-2/h17,19,23,35,38,40,46,48,53-54,58H,6-16,18,20-22,24-34,36-37,39,41-45,47,49-52H2,1-5H3,(H-,56,59,60,61)/b19-17-,35-23-,40-38+,48-46+. The zero-order valence-corrected chi connectivity index (χ0v) is 43.6. The SMILES string of the molecule is CCCCCC/C=C\C/C=C\CCCCCCCC(=O)NC(COP(=O)([O-])OCC[N+](C)(C)C)C(O)/C=C/CC/C=C/CCCCCCCCCCCCCCCCCCCCCC. The predicted octanol–water partition coefficient (Wildman–Crippen LogP) is 15.3. The van der Waals surface area contributed by atoms with Crippen LogP contribution in [0.25, 0.3) is 0 Å². The van der Waals surface area contributed by atoms with E-state index in [1.807, 2.05) is 27.2 Å². The van der Waals surface area contributed by atoms with Crippen molar-refractivity contribution in [3.8, 4) is 0 Å². The maximum Gasteiger partial charge on any atom is 0.268 e. The van der Waals surface area contributed by atoms with Crippen LogP contribution in [0.4, 0.5) is 0 Å². The van der Waals surface area contributed by atoms with Crippen LogP contribution in [0, 0.1) is 0 Å². The Labute approximate surface area is 397 Å². The number of carbonyl (C=O) groups is 1. The fraction of sp³-hybridized carbons (Fsp3) is 0.836. The van der Waals surface area contributed by atoms with Crippen LogP contribution in [0.3, 0.4) is 0 Å². The van der Waals surface area contributed by atoms with Crippen molar-refractivity contribution >= 4 is 13.7 Å². The molecule has 3 unspecified atom stereocenters. The molecule has 64 heavy (non-hydrogen) atoms. The van der Waals surface area contributed by atoms with E-state index in [-0.39, 0.29) is 12.5 Å². The van der Waals surface area contributed by atoms with Crippen LogP contribution < -0.4 is 10.2 Å². The van der Waals surface area contributed by atoms with E-state index in [4.69, 9.17) is 9.05 Å². The van der Waals surface area contributed by atoms with Gasteiger partial charge in [0.15, 0.2) is 0 Å². The number of carbonyl (C=O) groups excluding carboxylic acids is 1. The molecule has 3 atom stereocenters. The van der Waals surface area contributed by atoms with Gasteiger partial charge in [0, 0.05) is 6.42 Å². The molecule has 9 heteroatoms. The summed E-state index contributed by atoms with van der Waals surface area (Å²) in [6.45, 7) is 4.61. The molecule has 0 fully saturated rings. The predicted molar refractivity (Wildman–Crippen MR) is 274 cm³/mol. The van der Waals surface area contributed by atoms with E-state index in [1.54, 1.807) is 6.08 Å². The van der Waals surface area contributed by atoms with Gasteiger partial charge in [-0.05, 0) is 64.2 Å². The molecule has 0 spiro atoms. The number of hydrogen-bond donors (Lipinski definition) is 2. The number of phosphoric acid groups is 1. The van der Waals surface area contributed by atoms with Gasteiger partial charge in [0.05, 0.1) is 39.9 Å². The molecule has 0 aliphatic rings.